The normalized spacial score (nSPS) is 18.7. The molecule has 32 heavy (non-hydrogen) atoms. The third-order valence-corrected chi connectivity index (χ3v) is 5.23. The Morgan fingerprint density at radius 3 is 2.72 bits per heavy atom. The second-order valence-corrected chi connectivity index (χ2v) is 8.75. The van der Waals surface area contributed by atoms with Gasteiger partial charge in [0.15, 0.2) is 0 Å². The second-order valence-electron chi connectivity index (χ2n) is 8.75. The van der Waals surface area contributed by atoms with Crippen molar-refractivity contribution < 1.29 is 31.9 Å². The fourth-order valence-corrected chi connectivity index (χ4v) is 3.83. The summed E-state index contributed by atoms with van der Waals surface area (Å²) in [5.41, 5.74) is -0.477. The quantitative estimate of drug-likeness (QED) is 0.614. The maximum absolute atomic E-state index is 15.1. The van der Waals surface area contributed by atoms with Gasteiger partial charge in [0.25, 0.3) is 5.92 Å². The minimum atomic E-state index is -3.34. The Morgan fingerprint density at radius 2 is 2.09 bits per heavy atom. The Labute approximate surface area is 180 Å². The minimum absolute atomic E-state index is 0.0291. The first kappa shape index (κ1) is 21.9. The number of alkyl halides is 2. The van der Waals surface area contributed by atoms with Gasteiger partial charge >= 0.3 is 6.09 Å². The fourth-order valence-electron chi connectivity index (χ4n) is 3.83. The van der Waals surface area contributed by atoms with E-state index in [4.69, 9.17) is 13.9 Å². The molecule has 0 bridgehead atoms. The molecule has 1 atom stereocenters. The van der Waals surface area contributed by atoms with Crippen LogP contribution in [0.25, 0.3) is 16.7 Å². The third-order valence-electron chi connectivity index (χ3n) is 5.23. The molecule has 4 rings (SSSR count). The molecule has 1 aromatic carbocycles. The number of piperidine rings is 1. The van der Waals surface area contributed by atoms with Crippen molar-refractivity contribution >= 4 is 17.0 Å². The van der Waals surface area contributed by atoms with E-state index in [0.717, 1.165) is 11.0 Å². The Balaban J connectivity index is 1.66. The van der Waals surface area contributed by atoms with Crippen molar-refractivity contribution in [3.8, 4) is 5.82 Å². The summed E-state index contributed by atoms with van der Waals surface area (Å²) in [6, 6.07) is 2.54. The molecule has 0 aliphatic carbocycles. The van der Waals surface area contributed by atoms with E-state index in [2.05, 4.69) is 10.4 Å². The molecule has 1 aliphatic heterocycles. The third kappa shape index (κ3) is 4.08. The highest BCUT2D eigenvalue weighted by Gasteiger charge is 2.48. The van der Waals surface area contributed by atoms with Gasteiger partial charge in [0.2, 0.25) is 5.82 Å². The summed E-state index contributed by atoms with van der Waals surface area (Å²) in [6.45, 7) is 4.17. The monoisotopic (exact) mass is 455 g/mol. The molecule has 2 aromatic heterocycles. The predicted octanol–water partition coefficient (Wildman–Crippen LogP) is 4.50. The lowest BCUT2D eigenvalue weighted by molar-refractivity contribution is -0.0855. The number of H-pyrrole nitrogens is 1. The van der Waals surface area contributed by atoms with Gasteiger partial charge in [-0.15, -0.1) is 4.74 Å². The van der Waals surface area contributed by atoms with Crippen LogP contribution in [0.1, 0.15) is 38.7 Å². The Morgan fingerprint density at radius 1 is 1.34 bits per heavy atom. The molecule has 0 radical (unpaired) electrons. The van der Waals surface area contributed by atoms with Gasteiger partial charge in [-0.1, -0.05) is 5.33 Å². The number of halogens is 3. The number of hydrogen-bond donors (Lipinski definition) is 1. The van der Waals surface area contributed by atoms with Crippen LogP contribution in [0.3, 0.4) is 0 Å². The van der Waals surface area contributed by atoms with Gasteiger partial charge in [-0.05, 0) is 44.9 Å². The zero-order valence-corrected chi connectivity index (χ0v) is 18.1. The molecule has 3 heterocycles. The van der Waals surface area contributed by atoms with E-state index in [-0.39, 0.29) is 24.3 Å². The van der Waals surface area contributed by atoms with Crippen LogP contribution in [0, 0.1) is 5.82 Å². The number of rotatable bonds is 2. The first-order valence-electron chi connectivity index (χ1n) is 10.0. The van der Waals surface area contributed by atoms with E-state index in [1.54, 1.807) is 27.8 Å². The molecule has 1 unspecified atom stereocenters. The van der Waals surface area contributed by atoms with Crippen LogP contribution in [0.15, 0.2) is 33.7 Å². The molecule has 174 valence electrons. The first-order valence-corrected chi connectivity index (χ1v) is 10.0. The van der Waals surface area contributed by atoms with E-state index in [0.29, 0.717) is 10.9 Å². The topological polar surface area (TPSA) is 94.4 Å². The molecule has 12 heteroatoms. The Bertz CT molecular complexity index is 1160. The number of nitrogens with one attached hydrogen (secondary N) is 1. The van der Waals surface area contributed by atoms with Crippen LogP contribution in [0.5, 0.6) is 0 Å². The number of carbonyl (C=O) groups excluding carboxylic acids is 1. The lowest BCUT2D eigenvalue weighted by Gasteiger charge is -2.39. The van der Waals surface area contributed by atoms with E-state index < -0.39 is 35.9 Å². The summed E-state index contributed by atoms with van der Waals surface area (Å²) in [5, 5.41) is 6.84. The van der Waals surface area contributed by atoms with E-state index in [1.807, 2.05) is 0 Å². The first-order chi connectivity index (χ1) is 15.0. The van der Waals surface area contributed by atoms with Crippen molar-refractivity contribution in [2.75, 3.05) is 13.1 Å². The lowest BCUT2D eigenvalue weighted by Crippen LogP contribution is -2.51. The summed E-state index contributed by atoms with van der Waals surface area (Å²) in [6.07, 6.45) is 1.80. The molecule has 1 fully saturated rings. The van der Waals surface area contributed by atoms with Crippen molar-refractivity contribution in [3.05, 3.63) is 36.0 Å². The van der Waals surface area contributed by atoms with E-state index in [1.165, 1.54) is 27.9 Å². The van der Waals surface area contributed by atoms with Crippen LogP contribution in [0.4, 0.5) is 18.0 Å². The summed E-state index contributed by atoms with van der Waals surface area (Å²) in [4.78, 5) is 13.2. The van der Waals surface area contributed by atoms with Gasteiger partial charge in [-0.3, -0.25) is 9.31 Å². The standard InChI is InChI=1S/C20H24F3N5O4/c1-19(2,3)31-18(29)27-6-5-14(20(22,23)11-27)12-10-16-13(9-15(12)21)17(24-26(16)4)28-7-8-30-25-32-28/h7-10,14,25H,5-6,11H2,1-4H3. The number of aromatic nitrogens is 4. The maximum Gasteiger partial charge on any atom is 0.410 e. The molecule has 1 saturated heterocycles. The molecule has 1 N–H and O–H groups in total. The number of nitrogens with zero attached hydrogens (tertiary/aromatic N) is 4. The molecule has 0 spiro atoms. The molecule has 0 saturated carbocycles. The Kier molecular flexibility index (Phi) is 5.25. The highest BCUT2D eigenvalue weighted by atomic mass is 19.3. The highest BCUT2D eigenvalue weighted by Crippen LogP contribution is 2.42. The number of benzene rings is 1. The number of ether oxygens (including phenoxy) is 1. The average Bonchev–Trinajstić information content (AvgIpc) is 3.02. The van der Waals surface area contributed by atoms with Gasteiger partial charge in [0, 0.05) is 13.6 Å². The molecule has 1 amide bonds. The molecular formula is C20H24F3N5O4. The van der Waals surface area contributed by atoms with Crippen molar-refractivity contribution in [2.24, 2.45) is 7.05 Å². The number of likely N-dealkylation sites (tertiary alicyclic amines) is 1. The fraction of sp³-hybridized carbons (Fsp3) is 0.500. The van der Waals surface area contributed by atoms with Gasteiger partial charge in [-0.25, -0.2) is 18.0 Å². The average molecular weight is 455 g/mol. The zero-order chi connectivity index (χ0) is 23.3. The van der Waals surface area contributed by atoms with Crippen LogP contribution < -0.4 is 0 Å². The van der Waals surface area contributed by atoms with Crippen molar-refractivity contribution in [2.45, 2.75) is 44.6 Å². The largest absolute Gasteiger partial charge is 0.444 e. The molecular weight excluding hydrogens is 431 g/mol. The Hall–Kier alpha value is -3.31. The number of hydrogen-bond acceptors (Lipinski definition) is 5. The second kappa shape index (κ2) is 7.68. The van der Waals surface area contributed by atoms with Gasteiger partial charge < -0.3 is 14.2 Å². The number of aromatic amines is 1. The lowest BCUT2D eigenvalue weighted by atomic mass is 9.85. The summed E-state index contributed by atoms with van der Waals surface area (Å²) in [5.74, 6) is -5.27. The molecule has 3 aromatic rings. The highest BCUT2D eigenvalue weighted by molar-refractivity contribution is 5.87. The van der Waals surface area contributed by atoms with Crippen molar-refractivity contribution in [1.29, 1.82) is 0 Å². The van der Waals surface area contributed by atoms with Gasteiger partial charge in [0.05, 0.1) is 29.6 Å². The van der Waals surface area contributed by atoms with Crippen LogP contribution in [-0.2, 0) is 11.8 Å². The predicted molar refractivity (Wildman–Crippen MR) is 107 cm³/mol. The number of amides is 1. The number of fused-ring (bicyclic) bond motifs is 1. The SMILES string of the molecule is Cn1nc(-n2cco[nH]o2)c2cc(F)c(C3CCN(C(=O)OC(C)(C)C)CC3(F)F)cc21. The maximum atomic E-state index is 15.1. The molecule has 1 aliphatic rings. The van der Waals surface area contributed by atoms with E-state index in [9.17, 15) is 4.79 Å². The summed E-state index contributed by atoms with van der Waals surface area (Å²) < 4.78 is 62.9. The number of carbonyl (C=O) groups is 1. The van der Waals surface area contributed by atoms with Crippen LogP contribution in [-0.4, -0.2) is 55.5 Å². The summed E-state index contributed by atoms with van der Waals surface area (Å²) in [7, 11) is 1.62. The zero-order valence-electron chi connectivity index (χ0n) is 18.1. The molecule has 9 nitrogen and oxygen atoms in total. The number of aryl methyl sites for hydroxylation is 1. The van der Waals surface area contributed by atoms with Crippen LogP contribution in [0.2, 0.25) is 0 Å². The van der Waals surface area contributed by atoms with Crippen molar-refractivity contribution in [3.63, 3.8) is 0 Å². The smallest absolute Gasteiger partial charge is 0.410 e. The van der Waals surface area contributed by atoms with E-state index >= 15 is 13.2 Å². The van der Waals surface area contributed by atoms with Gasteiger partial charge in [-0.2, -0.15) is 5.10 Å². The van der Waals surface area contributed by atoms with Crippen LogP contribution >= 0.6 is 0 Å². The summed E-state index contributed by atoms with van der Waals surface area (Å²) >= 11 is 0. The van der Waals surface area contributed by atoms with Gasteiger partial charge in [0.1, 0.15) is 17.7 Å². The minimum Gasteiger partial charge on any atom is -0.444 e. The van der Waals surface area contributed by atoms with Crippen molar-refractivity contribution in [1.82, 2.24) is 24.7 Å².